The Morgan fingerprint density at radius 1 is 1.09 bits per heavy atom. The minimum Gasteiger partial charge on any atom is -0.450 e. The summed E-state index contributed by atoms with van der Waals surface area (Å²) < 4.78 is 58.1. The van der Waals surface area contributed by atoms with Crippen LogP contribution in [0, 0.1) is 23.5 Å². The number of halogens is 4. The number of nitrogens with zero attached hydrogens (tertiary/aromatic N) is 1. The molecule has 1 heterocycles. The summed E-state index contributed by atoms with van der Waals surface area (Å²) >= 11 is 0. The highest BCUT2D eigenvalue weighted by molar-refractivity contribution is 5.91. The molecule has 0 spiro atoms. The van der Waals surface area contributed by atoms with Crippen LogP contribution in [0.5, 0.6) is 11.5 Å². The van der Waals surface area contributed by atoms with Gasteiger partial charge in [0.15, 0.2) is 5.78 Å². The molecule has 2 aromatic rings. The lowest BCUT2D eigenvalue weighted by atomic mass is 10.1. The molecule has 2 rings (SSSR count). The Bertz CT molecular complexity index is 733. The number of hydrogen-bond donors (Lipinski definition) is 0. The number of rotatable bonds is 4. The zero-order chi connectivity index (χ0) is 16.3. The van der Waals surface area contributed by atoms with Gasteiger partial charge in [-0.1, -0.05) is 18.2 Å². The van der Waals surface area contributed by atoms with Crippen molar-refractivity contribution in [2.45, 2.75) is 6.92 Å². The fourth-order valence-electron chi connectivity index (χ4n) is 1.59. The van der Waals surface area contributed by atoms with Gasteiger partial charge >= 0.3 is 0 Å². The standard InChI is InChI=1S/C15H9F4NO2/c1-8(21)6-7-9-4-2-3-5-10(9)22-13-11(16)14(18)20-15(19)12(13)17/h2-7H,1H3. The highest BCUT2D eigenvalue weighted by atomic mass is 19.2. The van der Waals surface area contributed by atoms with Crippen molar-refractivity contribution in [2.75, 3.05) is 0 Å². The van der Waals surface area contributed by atoms with E-state index in [1.807, 2.05) is 0 Å². The van der Waals surface area contributed by atoms with Gasteiger partial charge in [-0.05, 0) is 25.1 Å². The predicted octanol–water partition coefficient (Wildman–Crippen LogP) is 4.03. The Balaban J connectivity index is 2.47. The Kier molecular flexibility index (Phi) is 4.55. The number of carbonyl (C=O) groups is 1. The first-order valence-corrected chi connectivity index (χ1v) is 6.05. The van der Waals surface area contributed by atoms with Crippen LogP contribution < -0.4 is 4.74 Å². The summed E-state index contributed by atoms with van der Waals surface area (Å²) in [6.45, 7) is 1.31. The van der Waals surface area contributed by atoms with Gasteiger partial charge in [0.05, 0.1) is 0 Å². The predicted molar refractivity (Wildman–Crippen MR) is 70.3 cm³/mol. The van der Waals surface area contributed by atoms with Gasteiger partial charge in [-0.25, -0.2) is 0 Å². The maximum atomic E-state index is 13.5. The van der Waals surface area contributed by atoms with Crippen molar-refractivity contribution < 1.29 is 27.1 Å². The summed E-state index contributed by atoms with van der Waals surface area (Å²) in [7, 11) is 0. The molecular weight excluding hydrogens is 302 g/mol. The molecule has 0 aliphatic carbocycles. The fourth-order valence-corrected chi connectivity index (χ4v) is 1.59. The Morgan fingerprint density at radius 2 is 1.68 bits per heavy atom. The highest BCUT2D eigenvalue weighted by Gasteiger charge is 2.23. The number of pyridine rings is 1. The number of ketones is 1. The van der Waals surface area contributed by atoms with Crippen LogP contribution in [0.15, 0.2) is 30.3 Å². The zero-order valence-corrected chi connectivity index (χ0v) is 11.2. The van der Waals surface area contributed by atoms with E-state index in [0.717, 1.165) is 0 Å². The minimum atomic E-state index is -1.81. The van der Waals surface area contributed by atoms with E-state index in [-0.39, 0.29) is 11.5 Å². The third kappa shape index (κ3) is 3.30. The van der Waals surface area contributed by atoms with E-state index in [1.54, 1.807) is 6.07 Å². The maximum Gasteiger partial charge on any atom is 0.255 e. The Hall–Kier alpha value is -2.70. The van der Waals surface area contributed by atoms with Crippen LogP contribution in [0.1, 0.15) is 12.5 Å². The zero-order valence-electron chi connectivity index (χ0n) is 11.2. The molecule has 1 aromatic heterocycles. The lowest BCUT2D eigenvalue weighted by molar-refractivity contribution is -0.112. The van der Waals surface area contributed by atoms with E-state index < -0.39 is 29.3 Å². The van der Waals surface area contributed by atoms with Crippen LogP contribution in [0.25, 0.3) is 6.08 Å². The number of para-hydroxylation sites is 1. The third-order valence-corrected chi connectivity index (χ3v) is 2.59. The molecule has 0 bridgehead atoms. The molecule has 1 aromatic carbocycles. The summed E-state index contributed by atoms with van der Waals surface area (Å²) in [6.07, 6.45) is 2.56. The summed E-state index contributed by atoms with van der Waals surface area (Å²) in [5.74, 6) is -8.70. The number of ether oxygens (including phenoxy) is 1. The maximum absolute atomic E-state index is 13.5. The molecule has 0 saturated carbocycles. The number of hydrogen-bond acceptors (Lipinski definition) is 3. The largest absolute Gasteiger partial charge is 0.450 e. The van der Waals surface area contributed by atoms with Gasteiger partial charge in [-0.15, -0.1) is 0 Å². The smallest absolute Gasteiger partial charge is 0.255 e. The van der Waals surface area contributed by atoms with Crippen LogP contribution in [-0.4, -0.2) is 10.8 Å². The highest BCUT2D eigenvalue weighted by Crippen LogP contribution is 2.31. The first kappa shape index (κ1) is 15.7. The van der Waals surface area contributed by atoms with Crippen molar-refractivity contribution in [1.82, 2.24) is 4.98 Å². The van der Waals surface area contributed by atoms with E-state index in [2.05, 4.69) is 4.98 Å². The summed E-state index contributed by atoms with van der Waals surface area (Å²) in [5.41, 5.74) is 0.300. The quantitative estimate of drug-likeness (QED) is 0.486. The van der Waals surface area contributed by atoms with Crippen molar-refractivity contribution in [3.05, 3.63) is 59.4 Å². The molecule has 22 heavy (non-hydrogen) atoms. The first-order chi connectivity index (χ1) is 10.4. The molecule has 3 nitrogen and oxygen atoms in total. The molecule has 114 valence electrons. The summed E-state index contributed by atoms with van der Waals surface area (Å²) in [5, 5.41) is 0. The van der Waals surface area contributed by atoms with Crippen molar-refractivity contribution in [1.29, 1.82) is 0 Å². The second-order valence-electron chi connectivity index (χ2n) is 4.23. The lowest BCUT2D eigenvalue weighted by Crippen LogP contribution is -2.03. The molecule has 0 aliphatic rings. The number of benzene rings is 1. The minimum absolute atomic E-state index is 0.0807. The van der Waals surface area contributed by atoms with Gasteiger partial charge in [0.25, 0.3) is 11.9 Å². The van der Waals surface area contributed by atoms with Crippen molar-refractivity contribution >= 4 is 11.9 Å². The van der Waals surface area contributed by atoms with Gasteiger partial charge in [0.1, 0.15) is 5.75 Å². The van der Waals surface area contributed by atoms with Gasteiger partial charge in [-0.3, -0.25) is 4.79 Å². The molecule has 0 N–H and O–H groups in total. The molecule has 0 fully saturated rings. The van der Waals surface area contributed by atoms with E-state index in [4.69, 9.17) is 4.74 Å². The monoisotopic (exact) mass is 311 g/mol. The molecule has 0 amide bonds. The normalized spacial score (nSPS) is 11.0. The summed E-state index contributed by atoms with van der Waals surface area (Å²) in [4.78, 5) is 13.4. The van der Waals surface area contributed by atoms with Gasteiger partial charge in [-0.2, -0.15) is 22.5 Å². The number of aromatic nitrogens is 1. The van der Waals surface area contributed by atoms with E-state index in [0.29, 0.717) is 5.56 Å². The van der Waals surface area contributed by atoms with Crippen LogP contribution >= 0.6 is 0 Å². The van der Waals surface area contributed by atoms with Gasteiger partial charge < -0.3 is 4.74 Å². The fraction of sp³-hybridized carbons (Fsp3) is 0.0667. The number of allylic oxidation sites excluding steroid dienone is 1. The van der Waals surface area contributed by atoms with Crippen molar-refractivity contribution in [3.8, 4) is 11.5 Å². The van der Waals surface area contributed by atoms with Crippen LogP contribution in [0.2, 0.25) is 0 Å². The van der Waals surface area contributed by atoms with E-state index in [9.17, 15) is 22.4 Å². The van der Waals surface area contributed by atoms with Crippen LogP contribution in [0.4, 0.5) is 17.6 Å². The van der Waals surface area contributed by atoms with Crippen molar-refractivity contribution in [3.63, 3.8) is 0 Å². The second-order valence-corrected chi connectivity index (χ2v) is 4.23. The molecule has 0 aliphatic heterocycles. The van der Waals surface area contributed by atoms with Crippen LogP contribution in [-0.2, 0) is 4.79 Å². The molecular formula is C15H9F4NO2. The molecule has 7 heteroatoms. The first-order valence-electron chi connectivity index (χ1n) is 6.05. The molecule has 0 saturated heterocycles. The molecule has 0 unspecified atom stereocenters. The van der Waals surface area contributed by atoms with Gasteiger partial charge in [0, 0.05) is 5.56 Å². The second kappa shape index (κ2) is 6.38. The topological polar surface area (TPSA) is 39.2 Å². The summed E-state index contributed by atoms with van der Waals surface area (Å²) in [6, 6.07) is 5.91. The average molecular weight is 311 g/mol. The van der Waals surface area contributed by atoms with E-state index in [1.165, 1.54) is 37.3 Å². The van der Waals surface area contributed by atoms with Crippen LogP contribution in [0.3, 0.4) is 0 Å². The third-order valence-electron chi connectivity index (χ3n) is 2.59. The lowest BCUT2D eigenvalue weighted by Gasteiger charge is -2.10. The molecule has 0 radical (unpaired) electrons. The average Bonchev–Trinajstić information content (AvgIpc) is 2.48. The molecule has 0 atom stereocenters. The van der Waals surface area contributed by atoms with E-state index >= 15 is 0 Å². The number of carbonyl (C=O) groups excluding carboxylic acids is 1. The Labute approximate surface area is 122 Å². The van der Waals surface area contributed by atoms with Gasteiger partial charge in [0.2, 0.25) is 17.4 Å². The Morgan fingerprint density at radius 3 is 2.27 bits per heavy atom. The SMILES string of the molecule is CC(=O)C=Cc1ccccc1Oc1c(F)c(F)nc(F)c1F. The van der Waals surface area contributed by atoms with Crippen molar-refractivity contribution in [2.24, 2.45) is 0 Å².